The molecule has 0 saturated heterocycles. The number of aromatic nitrogens is 2. The van der Waals surface area contributed by atoms with E-state index in [0.29, 0.717) is 21.3 Å². The molecule has 0 unspecified atom stereocenters. The topological polar surface area (TPSA) is 104 Å². The van der Waals surface area contributed by atoms with Gasteiger partial charge in [0.2, 0.25) is 0 Å². The Hall–Kier alpha value is -3.07. The number of nitro benzene ring substituents is 1. The van der Waals surface area contributed by atoms with Gasteiger partial charge < -0.3 is 4.74 Å². The number of carbonyl (C=O) groups excluding carboxylic acids is 1. The van der Waals surface area contributed by atoms with Crippen LogP contribution in [0, 0.1) is 10.1 Å². The number of ether oxygens (including phenoxy) is 1. The number of benzene rings is 1. The second-order valence-electron chi connectivity index (χ2n) is 5.29. The number of methoxy groups -OCH3 is 1. The molecule has 0 aliphatic rings. The third kappa shape index (κ3) is 2.89. The quantitative estimate of drug-likeness (QED) is 0.403. The molecule has 0 bridgehead atoms. The molecule has 0 aliphatic carbocycles. The summed E-state index contributed by atoms with van der Waals surface area (Å²) in [6.07, 6.45) is 1.31. The van der Waals surface area contributed by atoms with Crippen LogP contribution in [-0.2, 0) is 9.53 Å². The molecular formula is C16H13N3O5S. The van der Waals surface area contributed by atoms with E-state index in [1.807, 2.05) is 0 Å². The molecule has 0 saturated carbocycles. The van der Waals surface area contributed by atoms with E-state index in [0.717, 1.165) is 0 Å². The highest BCUT2D eigenvalue weighted by atomic mass is 32.1. The summed E-state index contributed by atoms with van der Waals surface area (Å²) in [5.74, 6) is -0.560. The highest BCUT2D eigenvalue weighted by Gasteiger charge is 2.21. The van der Waals surface area contributed by atoms with Crippen LogP contribution in [0.1, 0.15) is 13.0 Å². The lowest BCUT2D eigenvalue weighted by Crippen LogP contribution is -2.29. The number of rotatable bonds is 4. The SMILES string of the molecule is COC(=O)[C@H](C)n1cnc2scc(-c3cccc([N+](=O)[O-])c3)c2c1=O. The lowest BCUT2D eigenvalue weighted by molar-refractivity contribution is -0.384. The molecule has 0 aliphatic heterocycles. The molecule has 2 aromatic heterocycles. The van der Waals surface area contributed by atoms with Crippen LogP contribution in [0.2, 0.25) is 0 Å². The van der Waals surface area contributed by atoms with Crippen molar-refractivity contribution >= 4 is 33.2 Å². The van der Waals surface area contributed by atoms with Crippen molar-refractivity contribution in [3.8, 4) is 11.1 Å². The Kier molecular flexibility index (Phi) is 4.32. The van der Waals surface area contributed by atoms with Crippen molar-refractivity contribution in [3.63, 3.8) is 0 Å². The third-order valence-corrected chi connectivity index (χ3v) is 4.73. The molecule has 1 atom stereocenters. The summed E-state index contributed by atoms with van der Waals surface area (Å²) in [6.45, 7) is 1.54. The van der Waals surface area contributed by atoms with Gasteiger partial charge in [-0.1, -0.05) is 12.1 Å². The van der Waals surface area contributed by atoms with Gasteiger partial charge in [0.25, 0.3) is 11.2 Å². The molecule has 1 aromatic carbocycles. The van der Waals surface area contributed by atoms with Gasteiger partial charge >= 0.3 is 5.97 Å². The van der Waals surface area contributed by atoms with Crippen molar-refractivity contribution in [3.05, 3.63) is 56.4 Å². The number of nitro groups is 1. The maximum atomic E-state index is 12.9. The van der Waals surface area contributed by atoms with Crippen LogP contribution in [0.25, 0.3) is 21.3 Å². The van der Waals surface area contributed by atoms with Gasteiger partial charge in [0, 0.05) is 23.1 Å². The summed E-state index contributed by atoms with van der Waals surface area (Å²) in [7, 11) is 1.24. The van der Waals surface area contributed by atoms with Crippen LogP contribution < -0.4 is 5.56 Å². The van der Waals surface area contributed by atoms with E-state index in [1.54, 1.807) is 24.4 Å². The number of thiophene rings is 1. The summed E-state index contributed by atoms with van der Waals surface area (Å²) in [5, 5.41) is 13.0. The monoisotopic (exact) mass is 359 g/mol. The number of carbonyl (C=O) groups is 1. The van der Waals surface area contributed by atoms with Gasteiger partial charge in [0.1, 0.15) is 10.9 Å². The van der Waals surface area contributed by atoms with E-state index in [-0.39, 0.29) is 5.69 Å². The van der Waals surface area contributed by atoms with Crippen molar-refractivity contribution < 1.29 is 14.5 Å². The normalized spacial score (nSPS) is 12.1. The van der Waals surface area contributed by atoms with Gasteiger partial charge in [0.05, 0.1) is 23.7 Å². The standard InChI is InChI=1S/C16H13N3O5S/c1-9(16(21)24-2)18-8-17-14-13(15(18)20)12(7-25-14)10-4-3-5-11(6-10)19(22)23/h3-9H,1-2H3/t9-/m0/s1. The largest absolute Gasteiger partial charge is 0.467 e. The molecule has 8 nitrogen and oxygen atoms in total. The molecule has 9 heteroatoms. The molecule has 0 amide bonds. The summed E-state index contributed by atoms with van der Waals surface area (Å²) in [6, 6.07) is 5.21. The van der Waals surface area contributed by atoms with Crippen LogP contribution in [-0.4, -0.2) is 27.6 Å². The Balaban J connectivity index is 2.21. The first-order valence-electron chi connectivity index (χ1n) is 7.25. The summed E-state index contributed by atoms with van der Waals surface area (Å²) in [5.41, 5.74) is 0.630. The van der Waals surface area contributed by atoms with E-state index in [2.05, 4.69) is 9.72 Å². The zero-order chi connectivity index (χ0) is 18.1. The van der Waals surface area contributed by atoms with Gasteiger partial charge in [0.15, 0.2) is 0 Å². The third-order valence-electron chi connectivity index (χ3n) is 3.85. The van der Waals surface area contributed by atoms with E-state index < -0.39 is 22.5 Å². The first-order chi connectivity index (χ1) is 11.9. The predicted octanol–water partition coefficient (Wildman–Crippen LogP) is 2.77. The zero-order valence-electron chi connectivity index (χ0n) is 13.3. The minimum Gasteiger partial charge on any atom is -0.467 e. The maximum absolute atomic E-state index is 12.9. The molecule has 0 radical (unpaired) electrons. The van der Waals surface area contributed by atoms with Crippen molar-refractivity contribution in [2.75, 3.05) is 7.11 Å². The van der Waals surface area contributed by atoms with Gasteiger partial charge in [-0.3, -0.25) is 19.5 Å². The summed E-state index contributed by atoms with van der Waals surface area (Å²) in [4.78, 5) is 39.8. The van der Waals surface area contributed by atoms with Crippen LogP contribution in [0.4, 0.5) is 5.69 Å². The van der Waals surface area contributed by atoms with Crippen molar-refractivity contribution in [1.29, 1.82) is 0 Å². The number of nitrogens with zero attached hydrogens (tertiary/aromatic N) is 3. The molecule has 2 heterocycles. The fourth-order valence-electron chi connectivity index (χ4n) is 2.51. The average molecular weight is 359 g/mol. The van der Waals surface area contributed by atoms with Gasteiger partial charge in [-0.2, -0.15) is 0 Å². The smallest absolute Gasteiger partial charge is 0.328 e. The second kappa shape index (κ2) is 6.44. The zero-order valence-corrected chi connectivity index (χ0v) is 14.1. The number of hydrogen-bond acceptors (Lipinski definition) is 7. The van der Waals surface area contributed by atoms with E-state index in [9.17, 15) is 19.7 Å². The Morgan fingerprint density at radius 2 is 2.20 bits per heavy atom. The van der Waals surface area contributed by atoms with E-state index >= 15 is 0 Å². The molecule has 0 N–H and O–H groups in total. The molecule has 3 rings (SSSR count). The number of esters is 1. The fourth-order valence-corrected chi connectivity index (χ4v) is 3.41. The Bertz CT molecular complexity index is 1040. The molecule has 3 aromatic rings. The van der Waals surface area contributed by atoms with Gasteiger partial charge in [-0.15, -0.1) is 11.3 Å². The highest BCUT2D eigenvalue weighted by Crippen LogP contribution is 2.32. The van der Waals surface area contributed by atoms with Crippen molar-refractivity contribution in [2.24, 2.45) is 0 Å². The lowest BCUT2D eigenvalue weighted by atomic mass is 10.1. The minimum absolute atomic E-state index is 0.0657. The lowest BCUT2D eigenvalue weighted by Gasteiger charge is -2.12. The number of non-ortho nitro benzene ring substituents is 1. The number of hydrogen-bond donors (Lipinski definition) is 0. The highest BCUT2D eigenvalue weighted by molar-refractivity contribution is 7.17. The first-order valence-corrected chi connectivity index (χ1v) is 8.13. The minimum atomic E-state index is -0.827. The van der Waals surface area contributed by atoms with E-state index in [4.69, 9.17) is 0 Å². The second-order valence-corrected chi connectivity index (χ2v) is 6.15. The Morgan fingerprint density at radius 3 is 2.88 bits per heavy atom. The van der Waals surface area contributed by atoms with Gasteiger partial charge in [-0.25, -0.2) is 9.78 Å². The van der Waals surface area contributed by atoms with Crippen LogP contribution >= 0.6 is 11.3 Å². The summed E-state index contributed by atoms with van der Waals surface area (Å²) >= 11 is 1.26. The molecule has 128 valence electrons. The first kappa shape index (κ1) is 16.8. The van der Waals surface area contributed by atoms with Crippen LogP contribution in [0.15, 0.2) is 40.8 Å². The summed E-state index contributed by atoms with van der Waals surface area (Å²) < 4.78 is 5.87. The van der Waals surface area contributed by atoms with Gasteiger partial charge in [-0.05, 0) is 12.5 Å². The van der Waals surface area contributed by atoms with E-state index in [1.165, 1.54) is 41.5 Å². The molecular weight excluding hydrogens is 346 g/mol. The van der Waals surface area contributed by atoms with Crippen LogP contribution in [0.3, 0.4) is 0 Å². The molecule has 0 spiro atoms. The molecule has 0 fully saturated rings. The molecule has 25 heavy (non-hydrogen) atoms. The average Bonchev–Trinajstić information content (AvgIpc) is 3.06. The van der Waals surface area contributed by atoms with Crippen LogP contribution in [0.5, 0.6) is 0 Å². The number of fused-ring (bicyclic) bond motifs is 1. The Labute approximate surface area is 145 Å². The van der Waals surface area contributed by atoms with Crippen molar-refractivity contribution in [2.45, 2.75) is 13.0 Å². The maximum Gasteiger partial charge on any atom is 0.328 e. The van der Waals surface area contributed by atoms with Crippen molar-refractivity contribution in [1.82, 2.24) is 9.55 Å². The predicted molar refractivity (Wildman–Crippen MR) is 92.7 cm³/mol. The Morgan fingerprint density at radius 1 is 1.44 bits per heavy atom. The fraction of sp³-hybridized carbons (Fsp3) is 0.188.